The number of aromatic nitrogens is 2. The molecule has 1 aromatic heterocycles. The van der Waals surface area contributed by atoms with Crippen LogP contribution in [0.15, 0.2) is 53.6 Å². The first-order valence-electron chi connectivity index (χ1n) is 13.0. The highest BCUT2D eigenvalue weighted by molar-refractivity contribution is 5.95. The zero-order chi connectivity index (χ0) is 27.4. The Labute approximate surface area is 222 Å². The molecule has 3 aromatic rings. The fourth-order valence-electron chi connectivity index (χ4n) is 4.21. The molecule has 9 heteroatoms. The Bertz CT molecular complexity index is 1360. The van der Waals surface area contributed by atoms with Gasteiger partial charge in [0.15, 0.2) is 5.82 Å². The van der Waals surface area contributed by atoms with E-state index in [2.05, 4.69) is 34.8 Å². The third-order valence-corrected chi connectivity index (χ3v) is 6.50. The topological polar surface area (TPSA) is 97.3 Å². The van der Waals surface area contributed by atoms with Crippen molar-refractivity contribution in [3.8, 4) is 11.4 Å². The molecule has 1 amide bonds. The standard InChI is InChI=1S/C29H36FN5O3/c1-18(2)31-13-15-38-25-9-7-6-8-22(25)29(4,5)34-26-28(37)35(14-12-32-26)24-17-20(16-23(30)19(24)3)27(36)33-21-10-11-21/h6-9,12,14,16-18,21,31H,10-11,13,15H2,1-5H3,(H,32,34)(H,33,36). The number of anilines is 1. The lowest BCUT2D eigenvalue weighted by Gasteiger charge is -2.29. The first-order valence-corrected chi connectivity index (χ1v) is 13.0. The highest BCUT2D eigenvalue weighted by atomic mass is 19.1. The van der Waals surface area contributed by atoms with Crippen molar-refractivity contribution in [2.75, 3.05) is 18.5 Å². The summed E-state index contributed by atoms with van der Waals surface area (Å²) in [6.45, 7) is 10.8. The van der Waals surface area contributed by atoms with Crippen molar-refractivity contribution in [2.45, 2.75) is 65.1 Å². The maximum absolute atomic E-state index is 14.8. The van der Waals surface area contributed by atoms with Crippen LogP contribution in [0.25, 0.3) is 5.69 Å². The van der Waals surface area contributed by atoms with Crippen LogP contribution in [0.3, 0.4) is 0 Å². The number of nitrogens with one attached hydrogen (secondary N) is 3. The van der Waals surface area contributed by atoms with Crippen LogP contribution in [0.5, 0.6) is 5.75 Å². The summed E-state index contributed by atoms with van der Waals surface area (Å²) in [5, 5.41) is 9.45. The molecule has 1 aliphatic carbocycles. The van der Waals surface area contributed by atoms with Gasteiger partial charge in [0, 0.05) is 47.7 Å². The van der Waals surface area contributed by atoms with Gasteiger partial charge in [0.1, 0.15) is 18.2 Å². The molecule has 0 bridgehead atoms. The lowest BCUT2D eigenvalue weighted by molar-refractivity contribution is 0.0950. The van der Waals surface area contributed by atoms with Crippen molar-refractivity contribution < 1.29 is 13.9 Å². The zero-order valence-corrected chi connectivity index (χ0v) is 22.6. The fraction of sp³-hybridized carbons (Fsp3) is 0.414. The highest BCUT2D eigenvalue weighted by Crippen LogP contribution is 2.32. The SMILES string of the molecule is Cc1c(F)cc(C(=O)NC2CC2)cc1-n1ccnc(NC(C)(C)c2ccccc2OCCNC(C)C)c1=O. The maximum Gasteiger partial charge on any atom is 0.297 e. The predicted molar refractivity (Wildman–Crippen MR) is 147 cm³/mol. The maximum atomic E-state index is 14.8. The van der Waals surface area contributed by atoms with E-state index in [9.17, 15) is 14.0 Å². The molecule has 1 saturated carbocycles. The summed E-state index contributed by atoms with van der Waals surface area (Å²) in [6, 6.07) is 10.9. The third-order valence-electron chi connectivity index (χ3n) is 6.50. The van der Waals surface area contributed by atoms with Gasteiger partial charge in [0.05, 0.1) is 11.2 Å². The minimum Gasteiger partial charge on any atom is -0.492 e. The van der Waals surface area contributed by atoms with E-state index in [1.807, 2.05) is 38.1 Å². The average Bonchev–Trinajstić information content (AvgIpc) is 3.69. The summed E-state index contributed by atoms with van der Waals surface area (Å²) < 4.78 is 22.2. The van der Waals surface area contributed by atoms with Crippen molar-refractivity contribution in [3.05, 3.63) is 81.7 Å². The lowest BCUT2D eigenvalue weighted by atomic mass is 9.93. The normalized spacial score (nSPS) is 13.4. The van der Waals surface area contributed by atoms with Gasteiger partial charge in [0.2, 0.25) is 0 Å². The number of para-hydroxylation sites is 1. The third kappa shape index (κ3) is 6.39. The van der Waals surface area contributed by atoms with Crippen LogP contribution >= 0.6 is 0 Å². The molecule has 1 fully saturated rings. The van der Waals surface area contributed by atoms with Gasteiger partial charge in [-0.2, -0.15) is 0 Å². The largest absolute Gasteiger partial charge is 0.492 e. The number of amides is 1. The van der Waals surface area contributed by atoms with E-state index in [1.54, 1.807) is 13.0 Å². The number of rotatable bonds is 11. The van der Waals surface area contributed by atoms with Crippen molar-refractivity contribution in [1.29, 1.82) is 0 Å². The number of hydrogen-bond donors (Lipinski definition) is 3. The van der Waals surface area contributed by atoms with Gasteiger partial charge in [0.25, 0.3) is 11.5 Å². The molecule has 0 spiro atoms. The smallest absolute Gasteiger partial charge is 0.297 e. The van der Waals surface area contributed by atoms with E-state index in [4.69, 9.17) is 4.74 Å². The number of carbonyl (C=O) groups is 1. The first-order chi connectivity index (χ1) is 18.1. The van der Waals surface area contributed by atoms with Gasteiger partial charge in [-0.05, 0) is 51.8 Å². The number of halogens is 1. The Morgan fingerprint density at radius 3 is 2.68 bits per heavy atom. The fourth-order valence-corrected chi connectivity index (χ4v) is 4.21. The highest BCUT2D eigenvalue weighted by Gasteiger charge is 2.27. The van der Waals surface area contributed by atoms with Gasteiger partial charge in [-0.1, -0.05) is 32.0 Å². The van der Waals surface area contributed by atoms with Gasteiger partial charge >= 0.3 is 0 Å². The Hall–Kier alpha value is -3.72. The Balaban J connectivity index is 1.62. The number of hydrogen-bond acceptors (Lipinski definition) is 6. The molecule has 1 heterocycles. The molecule has 2 aromatic carbocycles. The second-order valence-electron chi connectivity index (χ2n) is 10.5. The summed E-state index contributed by atoms with van der Waals surface area (Å²) >= 11 is 0. The van der Waals surface area contributed by atoms with Crippen molar-refractivity contribution >= 4 is 11.7 Å². The number of ether oxygens (including phenoxy) is 1. The number of benzene rings is 2. The van der Waals surface area contributed by atoms with Crippen LogP contribution in [-0.2, 0) is 5.54 Å². The minimum absolute atomic E-state index is 0.0985. The van der Waals surface area contributed by atoms with Crippen molar-refractivity contribution in [2.24, 2.45) is 0 Å². The molecule has 0 saturated heterocycles. The molecule has 0 atom stereocenters. The van der Waals surface area contributed by atoms with Crippen LogP contribution in [-0.4, -0.2) is 40.7 Å². The summed E-state index contributed by atoms with van der Waals surface area (Å²) in [5.74, 6) is -0.102. The molecule has 0 radical (unpaired) electrons. The summed E-state index contributed by atoms with van der Waals surface area (Å²) in [6.07, 6.45) is 4.80. The van der Waals surface area contributed by atoms with E-state index < -0.39 is 16.9 Å². The molecule has 38 heavy (non-hydrogen) atoms. The average molecular weight is 522 g/mol. The molecule has 4 rings (SSSR count). The van der Waals surface area contributed by atoms with Crippen LogP contribution in [0.4, 0.5) is 10.2 Å². The Kier molecular flexibility index (Phi) is 8.16. The van der Waals surface area contributed by atoms with E-state index in [1.165, 1.54) is 23.0 Å². The van der Waals surface area contributed by atoms with Crippen LogP contribution in [0.2, 0.25) is 0 Å². The second-order valence-corrected chi connectivity index (χ2v) is 10.5. The zero-order valence-electron chi connectivity index (χ0n) is 22.6. The van der Waals surface area contributed by atoms with E-state index in [0.29, 0.717) is 30.6 Å². The first kappa shape index (κ1) is 27.3. The molecular weight excluding hydrogens is 485 g/mol. The molecule has 0 aliphatic heterocycles. The van der Waals surface area contributed by atoms with E-state index in [-0.39, 0.29) is 28.9 Å². The van der Waals surface area contributed by atoms with Gasteiger partial charge < -0.3 is 20.7 Å². The van der Waals surface area contributed by atoms with Crippen LogP contribution < -0.4 is 26.2 Å². The van der Waals surface area contributed by atoms with E-state index >= 15 is 0 Å². The van der Waals surface area contributed by atoms with Gasteiger partial charge in [-0.3, -0.25) is 14.2 Å². The quantitative estimate of drug-likeness (QED) is 0.326. The molecule has 3 N–H and O–H groups in total. The van der Waals surface area contributed by atoms with Gasteiger partial charge in [-0.15, -0.1) is 0 Å². The molecule has 8 nitrogen and oxygen atoms in total. The lowest BCUT2D eigenvalue weighted by Crippen LogP contribution is -2.34. The Morgan fingerprint density at radius 1 is 1.24 bits per heavy atom. The molecule has 1 aliphatic rings. The van der Waals surface area contributed by atoms with Crippen LogP contribution in [0.1, 0.15) is 62.0 Å². The monoisotopic (exact) mass is 521 g/mol. The summed E-state index contributed by atoms with van der Waals surface area (Å²) in [7, 11) is 0. The molecule has 0 unspecified atom stereocenters. The molecular formula is C29H36FN5O3. The molecule has 202 valence electrons. The second kappa shape index (κ2) is 11.3. The van der Waals surface area contributed by atoms with Gasteiger partial charge in [-0.25, -0.2) is 9.37 Å². The van der Waals surface area contributed by atoms with Crippen molar-refractivity contribution in [3.63, 3.8) is 0 Å². The van der Waals surface area contributed by atoms with Crippen LogP contribution in [0, 0.1) is 12.7 Å². The predicted octanol–water partition coefficient (Wildman–Crippen LogP) is 4.30. The summed E-state index contributed by atoms with van der Waals surface area (Å²) in [5.41, 5.74) is 0.413. The summed E-state index contributed by atoms with van der Waals surface area (Å²) in [4.78, 5) is 30.4. The number of nitrogens with zero attached hydrogens (tertiary/aromatic N) is 2. The Morgan fingerprint density at radius 2 is 1.97 bits per heavy atom. The minimum atomic E-state index is -0.723. The van der Waals surface area contributed by atoms with Crippen molar-refractivity contribution in [1.82, 2.24) is 20.2 Å². The van der Waals surface area contributed by atoms with E-state index in [0.717, 1.165) is 18.4 Å². The number of carbonyl (C=O) groups excluding carboxylic acids is 1.